The van der Waals surface area contributed by atoms with Crippen molar-refractivity contribution in [2.45, 2.75) is 55.9 Å². The normalized spacial score (nSPS) is 19.0. The predicted molar refractivity (Wildman–Crippen MR) is 126 cm³/mol. The number of carbonyl (C=O) groups excluding carboxylic acids is 3. The minimum atomic E-state index is -0.687. The summed E-state index contributed by atoms with van der Waals surface area (Å²) in [5, 5.41) is 3.46. The van der Waals surface area contributed by atoms with Gasteiger partial charge in [0.25, 0.3) is 0 Å². The average molecular weight is 458 g/mol. The van der Waals surface area contributed by atoms with Gasteiger partial charge in [-0.25, -0.2) is 0 Å². The number of nitrogens with one attached hydrogen (secondary N) is 1. The quantitative estimate of drug-likeness (QED) is 0.422. The van der Waals surface area contributed by atoms with E-state index in [0.717, 1.165) is 23.3 Å². The van der Waals surface area contributed by atoms with E-state index in [0.29, 0.717) is 17.0 Å². The van der Waals surface area contributed by atoms with E-state index in [1.165, 1.54) is 0 Å². The molecule has 0 radical (unpaired) electrons. The Hall–Kier alpha value is -2.11. The van der Waals surface area contributed by atoms with Gasteiger partial charge in [0, 0.05) is 34.6 Å². The van der Waals surface area contributed by atoms with Crippen LogP contribution in [0.4, 0.5) is 0 Å². The number of benzene rings is 2. The van der Waals surface area contributed by atoms with Crippen molar-refractivity contribution >= 4 is 40.8 Å². The number of rotatable bonds is 8. The molecule has 1 aliphatic carbocycles. The molecule has 1 saturated carbocycles. The maximum absolute atomic E-state index is 13.0. The van der Waals surface area contributed by atoms with Crippen molar-refractivity contribution in [3.05, 3.63) is 64.7 Å². The third kappa shape index (κ3) is 5.21. The highest BCUT2D eigenvalue weighted by molar-refractivity contribution is 7.98. The highest BCUT2D eigenvalue weighted by Gasteiger charge is 2.44. The van der Waals surface area contributed by atoms with Gasteiger partial charge in [0.2, 0.25) is 5.91 Å². The maximum atomic E-state index is 13.0. The van der Waals surface area contributed by atoms with Crippen molar-refractivity contribution < 1.29 is 14.4 Å². The zero-order valence-electron chi connectivity index (χ0n) is 18.1. The van der Waals surface area contributed by atoms with Crippen molar-refractivity contribution in [3.63, 3.8) is 0 Å². The minimum absolute atomic E-state index is 0.116. The second kappa shape index (κ2) is 10.0. The predicted octanol–water partition coefficient (Wildman–Crippen LogP) is 5.47. The molecular weight excluding hydrogens is 430 g/mol. The fourth-order valence-corrected chi connectivity index (χ4v) is 5.35. The van der Waals surface area contributed by atoms with Gasteiger partial charge in [-0.3, -0.25) is 14.4 Å². The van der Waals surface area contributed by atoms with Crippen LogP contribution >= 0.6 is 23.4 Å². The van der Waals surface area contributed by atoms with Gasteiger partial charge in [-0.15, -0.1) is 11.8 Å². The Kier molecular flexibility index (Phi) is 7.60. The molecule has 0 saturated heterocycles. The lowest BCUT2D eigenvalue weighted by molar-refractivity contribution is -0.125. The number of Topliss-reactive ketones (excluding diaryl/α,β-unsaturated/α-hetero) is 2. The minimum Gasteiger partial charge on any atom is -0.346 e. The molecule has 2 aromatic rings. The molecule has 0 spiro atoms. The molecular formula is C25H28ClNO3S. The van der Waals surface area contributed by atoms with Gasteiger partial charge in [0.1, 0.15) is 5.78 Å². The summed E-state index contributed by atoms with van der Waals surface area (Å²) in [6.07, 6.45) is 4.20. The van der Waals surface area contributed by atoms with Gasteiger partial charge in [0.05, 0.1) is 11.1 Å². The molecule has 0 heterocycles. The van der Waals surface area contributed by atoms with Crippen molar-refractivity contribution in [3.8, 4) is 0 Å². The number of thioether (sulfide) groups is 1. The lowest BCUT2D eigenvalue weighted by atomic mass is 9.68. The van der Waals surface area contributed by atoms with E-state index in [9.17, 15) is 14.4 Å². The van der Waals surface area contributed by atoms with Crippen LogP contribution in [0.25, 0.3) is 0 Å². The molecule has 0 aromatic heterocycles. The standard InChI is InChI=1S/C25H28ClNO3S/c1-16(24(30)17-8-5-4-6-9-17)27-23(29)15-25(2,19-10-7-11-21(19)28)18-12-13-22(31-3)20(26)14-18/h4-6,8-9,12-14,16,19H,7,10-11,15H2,1-3H3,(H,27,29). The Morgan fingerprint density at radius 2 is 1.94 bits per heavy atom. The van der Waals surface area contributed by atoms with Crippen molar-refractivity contribution in [1.29, 1.82) is 0 Å². The second-order valence-electron chi connectivity index (χ2n) is 8.37. The monoisotopic (exact) mass is 457 g/mol. The summed E-state index contributed by atoms with van der Waals surface area (Å²) < 4.78 is 0. The van der Waals surface area contributed by atoms with Crippen LogP contribution in [0.2, 0.25) is 5.02 Å². The first-order valence-electron chi connectivity index (χ1n) is 10.5. The number of ketones is 2. The summed E-state index contributed by atoms with van der Waals surface area (Å²) in [5.41, 5.74) is 0.754. The summed E-state index contributed by atoms with van der Waals surface area (Å²) in [6, 6.07) is 14.1. The van der Waals surface area contributed by atoms with Crippen LogP contribution in [0.3, 0.4) is 0 Å². The smallest absolute Gasteiger partial charge is 0.221 e. The molecule has 1 fully saturated rings. The molecule has 1 aliphatic rings. The van der Waals surface area contributed by atoms with Crippen molar-refractivity contribution in [2.24, 2.45) is 5.92 Å². The van der Waals surface area contributed by atoms with Crippen LogP contribution in [0.5, 0.6) is 0 Å². The largest absolute Gasteiger partial charge is 0.346 e. The molecule has 1 N–H and O–H groups in total. The van der Waals surface area contributed by atoms with Crippen LogP contribution < -0.4 is 5.32 Å². The van der Waals surface area contributed by atoms with Crippen LogP contribution in [0.1, 0.15) is 55.5 Å². The summed E-state index contributed by atoms with van der Waals surface area (Å²) in [4.78, 5) is 39.3. The Bertz CT molecular complexity index is 978. The van der Waals surface area contributed by atoms with Gasteiger partial charge < -0.3 is 5.32 Å². The Balaban J connectivity index is 1.83. The van der Waals surface area contributed by atoms with E-state index >= 15 is 0 Å². The maximum Gasteiger partial charge on any atom is 0.221 e. The average Bonchev–Trinajstić information content (AvgIpc) is 3.20. The number of amides is 1. The third-order valence-electron chi connectivity index (χ3n) is 6.24. The fraction of sp³-hybridized carbons (Fsp3) is 0.400. The van der Waals surface area contributed by atoms with Gasteiger partial charge in [-0.05, 0) is 43.7 Å². The van der Waals surface area contributed by atoms with E-state index in [2.05, 4.69) is 5.32 Å². The molecule has 4 nitrogen and oxygen atoms in total. The van der Waals surface area contributed by atoms with Crippen LogP contribution in [-0.2, 0) is 15.0 Å². The molecule has 0 aliphatic heterocycles. The fourth-order valence-electron chi connectivity index (χ4n) is 4.48. The Morgan fingerprint density at radius 1 is 1.23 bits per heavy atom. The number of halogens is 1. The molecule has 31 heavy (non-hydrogen) atoms. The summed E-state index contributed by atoms with van der Waals surface area (Å²) in [7, 11) is 0. The molecule has 2 aromatic carbocycles. The van der Waals surface area contributed by atoms with Crippen LogP contribution in [-0.4, -0.2) is 29.8 Å². The lowest BCUT2D eigenvalue weighted by Crippen LogP contribution is -2.44. The highest BCUT2D eigenvalue weighted by Crippen LogP contribution is 2.44. The van der Waals surface area contributed by atoms with Gasteiger partial charge in [-0.1, -0.05) is 54.9 Å². The first kappa shape index (κ1) is 23.6. The van der Waals surface area contributed by atoms with E-state index < -0.39 is 11.5 Å². The number of carbonyl (C=O) groups is 3. The highest BCUT2D eigenvalue weighted by atomic mass is 35.5. The number of hydrogen-bond donors (Lipinski definition) is 1. The Labute approximate surface area is 193 Å². The Morgan fingerprint density at radius 3 is 2.52 bits per heavy atom. The first-order chi connectivity index (χ1) is 14.8. The van der Waals surface area contributed by atoms with E-state index in [4.69, 9.17) is 11.6 Å². The first-order valence-corrected chi connectivity index (χ1v) is 12.1. The van der Waals surface area contributed by atoms with Gasteiger partial charge in [0.15, 0.2) is 5.78 Å². The topological polar surface area (TPSA) is 63.2 Å². The molecule has 3 unspecified atom stereocenters. The van der Waals surface area contributed by atoms with E-state index in [1.54, 1.807) is 43.0 Å². The third-order valence-corrected chi connectivity index (χ3v) is 7.46. The molecule has 164 valence electrons. The molecule has 3 rings (SSSR count). The zero-order chi connectivity index (χ0) is 22.6. The second-order valence-corrected chi connectivity index (χ2v) is 9.63. The van der Waals surface area contributed by atoms with E-state index in [1.807, 2.05) is 37.4 Å². The molecule has 1 amide bonds. The van der Waals surface area contributed by atoms with Crippen LogP contribution in [0, 0.1) is 5.92 Å². The van der Waals surface area contributed by atoms with E-state index in [-0.39, 0.29) is 29.8 Å². The molecule has 0 bridgehead atoms. The van der Waals surface area contributed by atoms with Crippen molar-refractivity contribution in [2.75, 3.05) is 6.26 Å². The number of hydrogen-bond acceptors (Lipinski definition) is 4. The lowest BCUT2D eigenvalue weighted by Gasteiger charge is -2.35. The van der Waals surface area contributed by atoms with Crippen molar-refractivity contribution in [1.82, 2.24) is 5.32 Å². The molecule has 6 heteroatoms. The zero-order valence-corrected chi connectivity index (χ0v) is 19.7. The summed E-state index contributed by atoms with van der Waals surface area (Å²) >= 11 is 8.01. The summed E-state index contributed by atoms with van der Waals surface area (Å²) in [5.74, 6) is -0.438. The summed E-state index contributed by atoms with van der Waals surface area (Å²) in [6.45, 7) is 3.66. The van der Waals surface area contributed by atoms with Gasteiger partial charge in [-0.2, -0.15) is 0 Å². The molecule has 3 atom stereocenters. The van der Waals surface area contributed by atoms with Gasteiger partial charge >= 0.3 is 0 Å². The van der Waals surface area contributed by atoms with Crippen LogP contribution in [0.15, 0.2) is 53.4 Å². The SMILES string of the molecule is CSc1ccc(C(C)(CC(=O)NC(C)C(=O)c2ccccc2)C2CCCC2=O)cc1Cl.